The first kappa shape index (κ1) is 17.5. The molecule has 3 heterocycles. The van der Waals surface area contributed by atoms with Gasteiger partial charge >= 0.3 is 0 Å². The van der Waals surface area contributed by atoms with Crippen LogP contribution in [-0.4, -0.2) is 64.5 Å². The number of methoxy groups -OCH3 is 1. The van der Waals surface area contributed by atoms with Crippen LogP contribution in [0.4, 0.5) is 17.5 Å². The van der Waals surface area contributed by atoms with Crippen molar-refractivity contribution in [2.24, 2.45) is 7.05 Å². The van der Waals surface area contributed by atoms with E-state index in [1.54, 1.807) is 18.0 Å². The lowest BCUT2D eigenvalue weighted by molar-refractivity contribution is 0.270. The first-order valence-corrected chi connectivity index (χ1v) is 9.26. The Hall–Kier alpha value is -2.87. The summed E-state index contributed by atoms with van der Waals surface area (Å²) < 4.78 is 7.03. The van der Waals surface area contributed by atoms with Gasteiger partial charge < -0.3 is 19.9 Å². The van der Waals surface area contributed by atoms with Crippen LogP contribution in [0, 0.1) is 0 Å². The minimum atomic E-state index is 0.748. The van der Waals surface area contributed by atoms with Gasteiger partial charge in [0.05, 0.1) is 18.7 Å². The summed E-state index contributed by atoms with van der Waals surface area (Å²) >= 11 is 0. The normalized spacial score (nSPS) is 15.3. The van der Waals surface area contributed by atoms with Crippen LogP contribution in [0.3, 0.4) is 0 Å². The van der Waals surface area contributed by atoms with Gasteiger partial charge in [0.15, 0.2) is 5.65 Å². The molecule has 4 rings (SSSR count). The van der Waals surface area contributed by atoms with Gasteiger partial charge in [0.2, 0.25) is 5.95 Å². The Balaban J connectivity index is 1.66. The summed E-state index contributed by atoms with van der Waals surface area (Å²) in [5, 5.41) is 8.69. The highest BCUT2D eigenvalue weighted by atomic mass is 16.5. The van der Waals surface area contributed by atoms with Gasteiger partial charge in [-0.1, -0.05) is 6.92 Å². The SMILES string of the molecule is CCN1CCN(c2nc(Nc3ccc(OC)cc3)c3cnn(C)c3n2)CC1. The van der Waals surface area contributed by atoms with E-state index in [0.29, 0.717) is 0 Å². The number of aryl methyl sites for hydroxylation is 1. The lowest BCUT2D eigenvalue weighted by Gasteiger charge is -2.34. The van der Waals surface area contributed by atoms with Crippen LogP contribution in [-0.2, 0) is 7.05 Å². The molecule has 1 saturated heterocycles. The summed E-state index contributed by atoms with van der Waals surface area (Å²) in [7, 11) is 3.57. The lowest BCUT2D eigenvalue weighted by Crippen LogP contribution is -2.46. The molecule has 8 nitrogen and oxygen atoms in total. The molecule has 1 aliphatic rings. The van der Waals surface area contributed by atoms with Crippen molar-refractivity contribution in [1.29, 1.82) is 0 Å². The average Bonchev–Trinajstić information content (AvgIpc) is 3.10. The molecule has 3 aromatic rings. The number of piperazine rings is 1. The number of likely N-dealkylation sites (N-methyl/N-ethyl adjacent to an activating group) is 1. The van der Waals surface area contributed by atoms with Crippen molar-refractivity contribution in [1.82, 2.24) is 24.6 Å². The van der Waals surface area contributed by atoms with Crippen molar-refractivity contribution >= 4 is 28.5 Å². The van der Waals surface area contributed by atoms with Crippen molar-refractivity contribution in [3.05, 3.63) is 30.5 Å². The number of hydrogen-bond acceptors (Lipinski definition) is 7. The number of anilines is 3. The van der Waals surface area contributed by atoms with Gasteiger partial charge in [-0.15, -0.1) is 0 Å². The highest BCUT2D eigenvalue weighted by molar-refractivity contribution is 5.89. The van der Waals surface area contributed by atoms with Gasteiger partial charge in [-0.3, -0.25) is 4.68 Å². The molecule has 0 atom stereocenters. The first-order chi connectivity index (χ1) is 13.2. The van der Waals surface area contributed by atoms with E-state index >= 15 is 0 Å². The monoisotopic (exact) mass is 367 g/mol. The van der Waals surface area contributed by atoms with Crippen LogP contribution in [0.2, 0.25) is 0 Å². The summed E-state index contributed by atoms with van der Waals surface area (Å²) in [5.41, 5.74) is 1.77. The predicted octanol–water partition coefficient (Wildman–Crippen LogP) is 2.26. The maximum absolute atomic E-state index is 5.23. The van der Waals surface area contributed by atoms with Gasteiger partial charge in [-0.05, 0) is 30.8 Å². The third-order valence-corrected chi connectivity index (χ3v) is 5.04. The van der Waals surface area contributed by atoms with Gasteiger partial charge in [0.25, 0.3) is 0 Å². The zero-order valence-corrected chi connectivity index (χ0v) is 16.0. The Bertz CT molecular complexity index is 914. The molecule has 0 saturated carbocycles. The van der Waals surface area contributed by atoms with Crippen LogP contribution >= 0.6 is 0 Å². The third-order valence-electron chi connectivity index (χ3n) is 5.04. The smallest absolute Gasteiger partial charge is 0.229 e. The number of fused-ring (bicyclic) bond motifs is 1. The Kier molecular flexibility index (Phi) is 4.81. The first-order valence-electron chi connectivity index (χ1n) is 9.26. The number of nitrogens with zero attached hydrogens (tertiary/aromatic N) is 6. The minimum Gasteiger partial charge on any atom is -0.497 e. The number of hydrogen-bond donors (Lipinski definition) is 1. The Morgan fingerprint density at radius 3 is 2.48 bits per heavy atom. The van der Waals surface area contributed by atoms with Crippen LogP contribution in [0.25, 0.3) is 11.0 Å². The molecule has 142 valence electrons. The molecule has 0 amide bonds. The topological polar surface area (TPSA) is 71.3 Å². The Morgan fingerprint density at radius 1 is 1.07 bits per heavy atom. The number of rotatable bonds is 5. The van der Waals surface area contributed by atoms with E-state index in [2.05, 4.69) is 27.1 Å². The number of aromatic nitrogens is 4. The van der Waals surface area contributed by atoms with E-state index < -0.39 is 0 Å². The molecule has 0 aliphatic carbocycles. The molecule has 0 bridgehead atoms. The summed E-state index contributed by atoms with van der Waals surface area (Å²) in [5.74, 6) is 2.34. The van der Waals surface area contributed by atoms with Gasteiger partial charge in [-0.2, -0.15) is 15.1 Å². The number of nitrogens with one attached hydrogen (secondary N) is 1. The molecule has 0 unspecified atom stereocenters. The van der Waals surface area contributed by atoms with Crippen LogP contribution < -0.4 is 15.0 Å². The fourth-order valence-electron chi connectivity index (χ4n) is 3.32. The highest BCUT2D eigenvalue weighted by Gasteiger charge is 2.20. The van der Waals surface area contributed by atoms with Crippen LogP contribution in [0.1, 0.15) is 6.92 Å². The van der Waals surface area contributed by atoms with E-state index in [1.165, 1.54) is 0 Å². The van der Waals surface area contributed by atoms with Crippen molar-refractivity contribution in [2.45, 2.75) is 6.92 Å². The van der Waals surface area contributed by atoms with Gasteiger partial charge in [-0.25, -0.2) is 0 Å². The van der Waals surface area contributed by atoms with Crippen LogP contribution in [0.15, 0.2) is 30.5 Å². The molecule has 8 heteroatoms. The maximum Gasteiger partial charge on any atom is 0.229 e. The molecular weight excluding hydrogens is 342 g/mol. The van der Waals surface area contributed by atoms with E-state index in [-0.39, 0.29) is 0 Å². The number of ether oxygens (including phenoxy) is 1. The van der Waals surface area contributed by atoms with Gasteiger partial charge in [0.1, 0.15) is 11.6 Å². The van der Waals surface area contributed by atoms with E-state index in [4.69, 9.17) is 14.7 Å². The predicted molar refractivity (Wildman–Crippen MR) is 107 cm³/mol. The number of benzene rings is 1. The maximum atomic E-state index is 5.23. The molecule has 0 radical (unpaired) electrons. The zero-order valence-electron chi connectivity index (χ0n) is 16.0. The van der Waals surface area contributed by atoms with Crippen molar-refractivity contribution in [3.8, 4) is 5.75 Å². The second kappa shape index (κ2) is 7.40. The van der Waals surface area contributed by atoms with Crippen molar-refractivity contribution in [2.75, 3.05) is 50.1 Å². The van der Waals surface area contributed by atoms with E-state index in [0.717, 1.165) is 67.0 Å². The average molecular weight is 367 g/mol. The Morgan fingerprint density at radius 2 is 1.81 bits per heavy atom. The molecule has 0 spiro atoms. The molecule has 1 fully saturated rings. The minimum absolute atomic E-state index is 0.748. The lowest BCUT2D eigenvalue weighted by atomic mass is 10.3. The largest absolute Gasteiger partial charge is 0.497 e. The van der Waals surface area contributed by atoms with Gasteiger partial charge in [0, 0.05) is 38.9 Å². The van der Waals surface area contributed by atoms with Crippen LogP contribution in [0.5, 0.6) is 5.75 Å². The molecule has 1 aliphatic heterocycles. The van der Waals surface area contributed by atoms with Crippen molar-refractivity contribution < 1.29 is 4.74 Å². The fourth-order valence-corrected chi connectivity index (χ4v) is 3.32. The molecular formula is C19H25N7O. The molecule has 1 N–H and O–H groups in total. The fraction of sp³-hybridized carbons (Fsp3) is 0.421. The standard InChI is InChI=1S/C19H25N7O/c1-4-25-9-11-26(12-10-25)19-22-17(16-13-20-24(2)18(16)23-19)21-14-5-7-15(27-3)8-6-14/h5-8,13H,4,9-12H2,1-3H3,(H,21,22,23). The third kappa shape index (κ3) is 3.52. The molecule has 1 aromatic carbocycles. The second-order valence-electron chi connectivity index (χ2n) is 6.65. The quantitative estimate of drug-likeness (QED) is 0.742. The van der Waals surface area contributed by atoms with E-state index in [1.807, 2.05) is 31.3 Å². The van der Waals surface area contributed by atoms with E-state index in [9.17, 15) is 0 Å². The summed E-state index contributed by atoms with van der Waals surface area (Å²) in [4.78, 5) is 14.3. The summed E-state index contributed by atoms with van der Waals surface area (Å²) in [6.45, 7) is 7.21. The second-order valence-corrected chi connectivity index (χ2v) is 6.65. The zero-order chi connectivity index (χ0) is 18.8. The molecule has 2 aromatic heterocycles. The molecule has 27 heavy (non-hydrogen) atoms. The highest BCUT2D eigenvalue weighted by Crippen LogP contribution is 2.27. The van der Waals surface area contributed by atoms with Crippen molar-refractivity contribution in [3.63, 3.8) is 0 Å². The summed E-state index contributed by atoms with van der Waals surface area (Å²) in [6.07, 6.45) is 1.81. The summed E-state index contributed by atoms with van der Waals surface area (Å²) in [6, 6.07) is 7.80. The Labute approximate surface area is 158 Å².